The van der Waals surface area contributed by atoms with Crippen molar-refractivity contribution in [2.45, 2.75) is 45.4 Å². The lowest BCUT2D eigenvalue weighted by Crippen LogP contribution is -2.39. The monoisotopic (exact) mass is 239 g/mol. The van der Waals surface area contributed by atoms with Crippen molar-refractivity contribution in [1.82, 2.24) is 10.2 Å². The van der Waals surface area contributed by atoms with Crippen LogP contribution in [0.15, 0.2) is 17.6 Å². The number of aliphatic imine (C=N–C) groups is 1. The van der Waals surface area contributed by atoms with E-state index < -0.39 is 0 Å². The van der Waals surface area contributed by atoms with E-state index in [0.29, 0.717) is 0 Å². The van der Waals surface area contributed by atoms with E-state index in [2.05, 4.69) is 35.8 Å². The zero-order valence-corrected chi connectivity index (χ0v) is 11.8. The SMILES string of the molecule is C=CCCCCCN(C)C(=NC)NCCCC. The molecule has 0 fully saturated rings. The predicted octanol–water partition coefficient (Wildman–Crippen LogP) is 3.04. The summed E-state index contributed by atoms with van der Waals surface area (Å²) in [5, 5.41) is 3.38. The third-order valence-electron chi connectivity index (χ3n) is 2.79. The van der Waals surface area contributed by atoms with Crippen LogP contribution >= 0.6 is 0 Å². The van der Waals surface area contributed by atoms with E-state index >= 15 is 0 Å². The molecule has 0 radical (unpaired) electrons. The Kier molecular flexibility index (Phi) is 10.8. The molecule has 100 valence electrons. The van der Waals surface area contributed by atoms with Gasteiger partial charge in [0.1, 0.15) is 0 Å². The average Bonchev–Trinajstić information content (AvgIpc) is 2.34. The molecule has 0 saturated carbocycles. The van der Waals surface area contributed by atoms with Crippen LogP contribution in [0.2, 0.25) is 0 Å². The topological polar surface area (TPSA) is 27.6 Å². The van der Waals surface area contributed by atoms with Gasteiger partial charge in [-0.25, -0.2) is 0 Å². The minimum absolute atomic E-state index is 1.02. The van der Waals surface area contributed by atoms with E-state index in [1.54, 1.807) is 0 Å². The molecule has 0 amide bonds. The van der Waals surface area contributed by atoms with Crippen molar-refractivity contribution < 1.29 is 0 Å². The summed E-state index contributed by atoms with van der Waals surface area (Å²) in [5.74, 6) is 1.02. The van der Waals surface area contributed by atoms with Crippen LogP contribution in [0.4, 0.5) is 0 Å². The molecule has 0 aromatic rings. The molecule has 0 aliphatic rings. The van der Waals surface area contributed by atoms with Crippen molar-refractivity contribution in [3.8, 4) is 0 Å². The van der Waals surface area contributed by atoms with E-state index in [1.165, 1.54) is 32.1 Å². The Morgan fingerprint density at radius 3 is 2.65 bits per heavy atom. The molecule has 17 heavy (non-hydrogen) atoms. The van der Waals surface area contributed by atoms with Crippen LogP contribution in [-0.4, -0.2) is 38.0 Å². The maximum absolute atomic E-state index is 4.29. The summed E-state index contributed by atoms with van der Waals surface area (Å²) in [4.78, 5) is 6.50. The summed E-state index contributed by atoms with van der Waals surface area (Å²) in [5.41, 5.74) is 0. The van der Waals surface area contributed by atoms with Crippen LogP contribution in [0.1, 0.15) is 45.4 Å². The van der Waals surface area contributed by atoms with Gasteiger partial charge in [0.05, 0.1) is 0 Å². The van der Waals surface area contributed by atoms with Gasteiger partial charge in [0, 0.05) is 27.2 Å². The van der Waals surface area contributed by atoms with Gasteiger partial charge in [-0.15, -0.1) is 6.58 Å². The van der Waals surface area contributed by atoms with Gasteiger partial charge in [0.2, 0.25) is 0 Å². The van der Waals surface area contributed by atoms with E-state index in [1.807, 2.05) is 13.1 Å². The van der Waals surface area contributed by atoms with Crippen molar-refractivity contribution in [2.75, 3.05) is 27.2 Å². The molecular weight excluding hydrogens is 210 g/mol. The first-order valence-electron chi connectivity index (χ1n) is 6.79. The molecule has 0 saturated heterocycles. The normalized spacial score (nSPS) is 11.4. The molecule has 1 N–H and O–H groups in total. The molecule has 0 heterocycles. The Bertz CT molecular complexity index is 212. The number of guanidine groups is 1. The second-order valence-electron chi connectivity index (χ2n) is 4.39. The summed E-state index contributed by atoms with van der Waals surface area (Å²) in [6, 6.07) is 0. The Labute approximate surface area is 107 Å². The zero-order valence-electron chi connectivity index (χ0n) is 11.8. The Morgan fingerprint density at radius 1 is 1.29 bits per heavy atom. The summed E-state index contributed by atoms with van der Waals surface area (Å²) in [6.45, 7) is 8.03. The second-order valence-corrected chi connectivity index (χ2v) is 4.39. The van der Waals surface area contributed by atoms with Crippen LogP contribution in [0, 0.1) is 0 Å². The average molecular weight is 239 g/mol. The third kappa shape index (κ3) is 8.78. The first kappa shape index (κ1) is 16.0. The van der Waals surface area contributed by atoms with Gasteiger partial charge in [0.25, 0.3) is 0 Å². The number of nitrogens with zero attached hydrogens (tertiary/aromatic N) is 2. The maximum Gasteiger partial charge on any atom is 0.193 e. The minimum Gasteiger partial charge on any atom is -0.356 e. The lowest BCUT2D eigenvalue weighted by atomic mass is 10.2. The van der Waals surface area contributed by atoms with Crippen molar-refractivity contribution in [3.63, 3.8) is 0 Å². The van der Waals surface area contributed by atoms with E-state index in [0.717, 1.165) is 25.5 Å². The molecule has 3 heteroatoms. The smallest absolute Gasteiger partial charge is 0.193 e. The highest BCUT2D eigenvalue weighted by Gasteiger charge is 2.03. The molecule has 0 unspecified atom stereocenters. The number of hydrogen-bond donors (Lipinski definition) is 1. The Balaban J connectivity index is 3.69. The van der Waals surface area contributed by atoms with Crippen molar-refractivity contribution in [3.05, 3.63) is 12.7 Å². The molecule has 0 aliphatic carbocycles. The number of unbranched alkanes of at least 4 members (excludes halogenated alkanes) is 4. The second kappa shape index (κ2) is 11.5. The van der Waals surface area contributed by atoms with Crippen LogP contribution in [0.3, 0.4) is 0 Å². The molecule has 0 aromatic carbocycles. The number of hydrogen-bond acceptors (Lipinski definition) is 1. The van der Waals surface area contributed by atoms with Crippen LogP contribution in [-0.2, 0) is 0 Å². The molecule has 0 bridgehead atoms. The third-order valence-corrected chi connectivity index (χ3v) is 2.79. The first-order valence-corrected chi connectivity index (χ1v) is 6.79. The number of rotatable bonds is 9. The molecule has 0 atom stereocenters. The fourth-order valence-electron chi connectivity index (χ4n) is 1.68. The van der Waals surface area contributed by atoms with E-state index in [4.69, 9.17) is 0 Å². The zero-order chi connectivity index (χ0) is 12.9. The highest BCUT2D eigenvalue weighted by Crippen LogP contribution is 2.01. The summed E-state index contributed by atoms with van der Waals surface area (Å²) in [6.07, 6.45) is 9.28. The molecule has 0 spiro atoms. The Hall–Kier alpha value is -0.990. The van der Waals surface area contributed by atoms with Crippen molar-refractivity contribution >= 4 is 5.96 Å². The minimum atomic E-state index is 1.02. The van der Waals surface area contributed by atoms with Crippen LogP contribution in [0.5, 0.6) is 0 Å². The van der Waals surface area contributed by atoms with Crippen molar-refractivity contribution in [1.29, 1.82) is 0 Å². The van der Waals surface area contributed by atoms with Crippen LogP contribution in [0.25, 0.3) is 0 Å². The van der Waals surface area contributed by atoms with Gasteiger partial charge in [-0.05, 0) is 25.7 Å². The lowest BCUT2D eigenvalue weighted by molar-refractivity contribution is 0.454. The van der Waals surface area contributed by atoms with E-state index in [-0.39, 0.29) is 0 Å². The van der Waals surface area contributed by atoms with Crippen molar-refractivity contribution in [2.24, 2.45) is 4.99 Å². The fraction of sp³-hybridized carbons (Fsp3) is 0.786. The lowest BCUT2D eigenvalue weighted by Gasteiger charge is -2.21. The molecule has 3 nitrogen and oxygen atoms in total. The quantitative estimate of drug-likeness (QED) is 0.290. The largest absolute Gasteiger partial charge is 0.356 e. The molecule has 0 aliphatic heterocycles. The standard InChI is InChI=1S/C14H29N3/c1-5-7-9-10-11-13-17(4)14(15-3)16-12-8-6-2/h5H,1,6-13H2,2-4H3,(H,15,16). The summed E-state index contributed by atoms with van der Waals surface area (Å²) >= 11 is 0. The summed E-state index contributed by atoms with van der Waals surface area (Å²) < 4.78 is 0. The van der Waals surface area contributed by atoms with Gasteiger partial charge in [0.15, 0.2) is 5.96 Å². The van der Waals surface area contributed by atoms with Gasteiger partial charge in [-0.3, -0.25) is 4.99 Å². The predicted molar refractivity (Wildman–Crippen MR) is 77.6 cm³/mol. The Morgan fingerprint density at radius 2 is 2.06 bits per heavy atom. The van der Waals surface area contributed by atoms with Gasteiger partial charge >= 0.3 is 0 Å². The molecular formula is C14H29N3. The highest BCUT2D eigenvalue weighted by atomic mass is 15.3. The molecule has 0 aromatic heterocycles. The van der Waals surface area contributed by atoms with Crippen LogP contribution < -0.4 is 5.32 Å². The summed E-state index contributed by atoms with van der Waals surface area (Å²) in [7, 11) is 3.96. The molecule has 0 rings (SSSR count). The highest BCUT2D eigenvalue weighted by molar-refractivity contribution is 5.79. The number of allylic oxidation sites excluding steroid dienone is 1. The van der Waals surface area contributed by atoms with Gasteiger partial charge in [-0.1, -0.05) is 25.8 Å². The van der Waals surface area contributed by atoms with Gasteiger partial charge < -0.3 is 10.2 Å². The number of nitrogens with one attached hydrogen (secondary N) is 1. The van der Waals surface area contributed by atoms with Gasteiger partial charge in [-0.2, -0.15) is 0 Å². The first-order chi connectivity index (χ1) is 8.26. The fourth-order valence-corrected chi connectivity index (χ4v) is 1.68. The van der Waals surface area contributed by atoms with E-state index in [9.17, 15) is 0 Å². The maximum atomic E-state index is 4.29.